The summed E-state index contributed by atoms with van der Waals surface area (Å²) in [7, 11) is 0. The van der Waals surface area contributed by atoms with Gasteiger partial charge in [0.15, 0.2) is 0 Å². The molecular formula is C17H15N3O. The lowest BCUT2D eigenvalue weighted by atomic mass is 10.1. The van der Waals surface area contributed by atoms with Crippen molar-refractivity contribution in [1.29, 1.82) is 0 Å². The largest absolute Gasteiger partial charge is 0.399 e. The summed E-state index contributed by atoms with van der Waals surface area (Å²) >= 11 is 0. The first-order chi connectivity index (χ1) is 10.1. The van der Waals surface area contributed by atoms with Crippen LogP contribution in [-0.4, -0.2) is 10.9 Å². The van der Waals surface area contributed by atoms with Gasteiger partial charge in [-0.2, -0.15) is 0 Å². The van der Waals surface area contributed by atoms with Gasteiger partial charge in [0.25, 0.3) is 5.91 Å². The van der Waals surface area contributed by atoms with Crippen LogP contribution in [0.4, 0.5) is 11.4 Å². The Hall–Kier alpha value is -2.88. The van der Waals surface area contributed by atoms with Gasteiger partial charge >= 0.3 is 0 Å². The Morgan fingerprint density at radius 3 is 2.86 bits per heavy atom. The van der Waals surface area contributed by atoms with Crippen LogP contribution in [0.2, 0.25) is 0 Å². The fourth-order valence-electron chi connectivity index (χ4n) is 2.23. The maximum atomic E-state index is 12.3. The zero-order valence-corrected chi connectivity index (χ0v) is 11.6. The van der Waals surface area contributed by atoms with E-state index in [0.29, 0.717) is 11.3 Å². The van der Waals surface area contributed by atoms with Crippen molar-refractivity contribution in [2.24, 2.45) is 0 Å². The maximum absolute atomic E-state index is 12.3. The number of aryl methyl sites for hydroxylation is 1. The number of benzene rings is 2. The fourth-order valence-corrected chi connectivity index (χ4v) is 2.23. The maximum Gasteiger partial charge on any atom is 0.255 e. The quantitative estimate of drug-likeness (QED) is 0.706. The lowest BCUT2D eigenvalue weighted by Gasteiger charge is -2.09. The standard InChI is InChI=1S/C17H15N3O/c1-11-9-13(5-6-15(11)18)17(21)20-16-4-2-3-12-7-8-19-10-14(12)16/h2-10H,18H2,1H3,(H,20,21). The van der Waals surface area contributed by atoms with Gasteiger partial charge in [-0.05, 0) is 48.2 Å². The lowest BCUT2D eigenvalue weighted by molar-refractivity contribution is 0.102. The topological polar surface area (TPSA) is 68.0 Å². The molecule has 1 amide bonds. The van der Waals surface area contributed by atoms with E-state index in [9.17, 15) is 4.79 Å². The van der Waals surface area contributed by atoms with E-state index >= 15 is 0 Å². The highest BCUT2D eigenvalue weighted by atomic mass is 16.1. The van der Waals surface area contributed by atoms with Gasteiger partial charge in [-0.1, -0.05) is 12.1 Å². The van der Waals surface area contributed by atoms with Crippen molar-refractivity contribution < 1.29 is 4.79 Å². The van der Waals surface area contributed by atoms with Gasteiger partial charge < -0.3 is 11.1 Å². The molecule has 3 N–H and O–H groups in total. The van der Waals surface area contributed by atoms with Gasteiger partial charge in [0.1, 0.15) is 0 Å². The minimum Gasteiger partial charge on any atom is -0.399 e. The lowest BCUT2D eigenvalue weighted by Crippen LogP contribution is -2.12. The van der Waals surface area contributed by atoms with Crippen LogP contribution in [-0.2, 0) is 0 Å². The number of nitrogens with two attached hydrogens (primary N) is 1. The predicted octanol–water partition coefficient (Wildman–Crippen LogP) is 3.38. The van der Waals surface area contributed by atoms with Crippen molar-refractivity contribution in [1.82, 2.24) is 4.98 Å². The zero-order chi connectivity index (χ0) is 14.8. The second-order valence-electron chi connectivity index (χ2n) is 4.93. The molecule has 0 aliphatic heterocycles. The van der Waals surface area contributed by atoms with E-state index in [0.717, 1.165) is 22.0 Å². The van der Waals surface area contributed by atoms with Crippen LogP contribution in [0.3, 0.4) is 0 Å². The van der Waals surface area contributed by atoms with Crippen molar-refractivity contribution in [2.75, 3.05) is 11.1 Å². The molecule has 0 fully saturated rings. The Morgan fingerprint density at radius 2 is 2.05 bits per heavy atom. The number of carbonyl (C=O) groups is 1. The summed E-state index contributed by atoms with van der Waals surface area (Å²) in [6.07, 6.45) is 3.48. The third-order valence-electron chi connectivity index (χ3n) is 3.46. The highest BCUT2D eigenvalue weighted by Crippen LogP contribution is 2.23. The number of amides is 1. The van der Waals surface area contributed by atoms with E-state index in [1.54, 1.807) is 30.6 Å². The summed E-state index contributed by atoms with van der Waals surface area (Å²) in [4.78, 5) is 16.5. The Bertz CT molecular complexity index is 822. The van der Waals surface area contributed by atoms with Crippen molar-refractivity contribution >= 4 is 28.1 Å². The van der Waals surface area contributed by atoms with Crippen molar-refractivity contribution in [3.8, 4) is 0 Å². The minimum absolute atomic E-state index is 0.158. The first-order valence-corrected chi connectivity index (χ1v) is 6.65. The van der Waals surface area contributed by atoms with Gasteiger partial charge in [0.05, 0.1) is 5.69 Å². The minimum atomic E-state index is -0.158. The third-order valence-corrected chi connectivity index (χ3v) is 3.46. The summed E-state index contributed by atoms with van der Waals surface area (Å²) in [5, 5.41) is 4.88. The van der Waals surface area contributed by atoms with Gasteiger partial charge in [-0.3, -0.25) is 9.78 Å². The van der Waals surface area contributed by atoms with E-state index in [1.165, 1.54) is 0 Å². The van der Waals surface area contributed by atoms with Crippen LogP contribution in [0.5, 0.6) is 0 Å². The van der Waals surface area contributed by atoms with Crippen molar-refractivity contribution in [3.63, 3.8) is 0 Å². The van der Waals surface area contributed by atoms with Crippen LogP contribution in [0, 0.1) is 6.92 Å². The van der Waals surface area contributed by atoms with Crippen LogP contribution >= 0.6 is 0 Å². The number of aromatic nitrogens is 1. The molecule has 0 aliphatic carbocycles. The smallest absolute Gasteiger partial charge is 0.255 e. The molecule has 0 bridgehead atoms. The van der Waals surface area contributed by atoms with Gasteiger partial charge in [-0.15, -0.1) is 0 Å². The number of hydrogen-bond donors (Lipinski definition) is 2. The molecule has 1 heterocycles. The molecule has 0 aliphatic rings. The molecule has 0 atom stereocenters. The Kier molecular flexibility index (Phi) is 3.28. The molecule has 2 aromatic carbocycles. The second-order valence-corrected chi connectivity index (χ2v) is 4.93. The summed E-state index contributed by atoms with van der Waals surface area (Å²) < 4.78 is 0. The number of nitrogens with one attached hydrogen (secondary N) is 1. The molecule has 0 unspecified atom stereocenters. The van der Waals surface area contributed by atoms with Crippen LogP contribution in [0.15, 0.2) is 54.9 Å². The Morgan fingerprint density at radius 1 is 1.19 bits per heavy atom. The average Bonchev–Trinajstić information content (AvgIpc) is 2.50. The number of carbonyl (C=O) groups excluding carboxylic acids is 1. The molecule has 0 saturated heterocycles. The molecule has 0 spiro atoms. The number of hydrogen-bond acceptors (Lipinski definition) is 3. The summed E-state index contributed by atoms with van der Waals surface area (Å²) in [6, 6.07) is 12.9. The number of pyridine rings is 1. The number of rotatable bonds is 2. The predicted molar refractivity (Wildman–Crippen MR) is 85.3 cm³/mol. The molecule has 104 valence electrons. The van der Waals surface area contributed by atoms with Crippen LogP contribution in [0.25, 0.3) is 10.8 Å². The van der Waals surface area contributed by atoms with Gasteiger partial charge in [-0.25, -0.2) is 0 Å². The number of nitrogen functional groups attached to an aromatic ring is 1. The highest BCUT2D eigenvalue weighted by Gasteiger charge is 2.09. The van der Waals surface area contributed by atoms with E-state index in [4.69, 9.17) is 5.73 Å². The number of nitrogens with zero attached hydrogens (tertiary/aromatic N) is 1. The SMILES string of the molecule is Cc1cc(C(=O)Nc2cccc3ccncc23)ccc1N. The molecule has 0 radical (unpaired) electrons. The third kappa shape index (κ3) is 2.56. The number of fused-ring (bicyclic) bond motifs is 1. The van der Waals surface area contributed by atoms with E-state index < -0.39 is 0 Å². The summed E-state index contributed by atoms with van der Waals surface area (Å²) in [5.74, 6) is -0.158. The zero-order valence-electron chi connectivity index (χ0n) is 11.6. The van der Waals surface area contributed by atoms with Crippen LogP contribution in [0.1, 0.15) is 15.9 Å². The van der Waals surface area contributed by atoms with E-state index in [2.05, 4.69) is 10.3 Å². The molecule has 21 heavy (non-hydrogen) atoms. The Balaban J connectivity index is 1.94. The number of anilines is 2. The summed E-state index contributed by atoms with van der Waals surface area (Å²) in [6.45, 7) is 1.88. The molecule has 0 saturated carbocycles. The first kappa shape index (κ1) is 13.1. The Labute approximate surface area is 122 Å². The fraction of sp³-hybridized carbons (Fsp3) is 0.0588. The first-order valence-electron chi connectivity index (χ1n) is 6.65. The van der Waals surface area contributed by atoms with Crippen molar-refractivity contribution in [2.45, 2.75) is 6.92 Å². The molecule has 1 aromatic heterocycles. The van der Waals surface area contributed by atoms with Crippen LogP contribution < -0.4 is 11.1 Å². The van der Waals surface area contributed by atoms with Crippen molar-refractivity contribution in [3.05, 3.63) is 66.0 Å². The van der Waals surface area contributed by atoms with E-state index in [-0.39, 0.29) is 5.91 Å². The molecule has 4 nitrogen and oxygen atoms in total. The molecule has 4 heteroatoms. The molecular weight excluding hydrogens is 262 g/mol. The summed E-state index contributed by atoms with van der Waals surface area (Å²) in [5.41, 5.74) is 8.68. The second kappa shape index (κ2) is 5.25. The van der Waals surface area contributed by atoms with Gasteiger partial charge in [0.2, 0.25) is 0 Å². The highest BCUT2D eigenvalue weighted by molar-refractivity contribution is 6.09. The monoisotopic (exact) mass is 277 g/mol. The van der Waals surface area contributed by atoms with Gasteiger partial charge in [0, 0.05) is 29.0 Å². The molecule has 3 aromatic rings. The average molecular weight is 277 g/mol. The normalized spacial score (nSPS) is 10.5. The van der Waals surface area contributed by atoms with E-state index in [1.807, 2.05) is 31.2 Å². The molecule has 3 rings (SSSR count).